The van der Waals surface area contributed by atoms with Gasteiger partial charge in [0.25, 0.3) is 0 Å². The van der Waals surface area contributed by atoms with Crippen molar-refractivity contribution < 1.29 is 4.79 Å². The molecule has 16 heavy (non-hydrogen) atoms. The van der Waals surface area contributed by atoms with Crippen LogP contribution in [0, 0.1) is 0 Å². The minimum absolute atomic E-state index is 0. The summed E-state index contributed by atoms with van der Waals surface area (Å²) in [6.45, 7) is 2.39. The number of amides is 1. The summed E-state index contributed by atoms with van der Waals surface area (Å²) in [7, 11) is 5.26. The van der Waals surface area contributed by atoms with Gasteiger partial charge < -0.3 is 15.1 Å². The van der Waals surface area contributed by atoms with Crippen molar-refractivity contribution in [3.8, 4) is 0 Å². The molecule has 1 aliphatic rings. The van der Waals surface area contributed by atoms with E-state index < -0.39 is 0 Å². The lowest BCUT2D eigenvalue weighted by Gasteiger charge is -2.21. The lowest BCUT2D eigenvalue weighted by atomic mass is 10.4. The number of carbonyl (C=O) groups excluding carboxylic acids is 1. The van der Waals surface area contributed by atoms with Crippen LogP contribution >= 0.6 is 24.0 Å². The molecule has 1 fully saturated rings. The van der Waals surface area contributed by atoms with Crippen LogP contribution in [-0.2, 0) is 4.79 Å². The van der Waals surface area contributed by atoms with Crippen LogP contribution in [0.25, 0.3) is 0 Å². The maximum Gasteiger partial charge on any atom is 0.241 e. The van der Waals surface area contributed by atoms with Crippen molar-refractivity contribution in [2.75, 3.05) is 40.8 Å². The van der Waals surface area contributed by atoms with E-state index in [-0.39, 0.29) is 29.9 Å². The SMILES string of the molecule is CN=C(NCC(=O)N(C)C)N1CCCC1.I. The molecule has 0 aromatic heterocycles. The minimum Gasteiger partial charge on any atom is -0.347 e. The predicted molar refractivity (Wildman–Crippen MR) is 76.3 cm³/mol. The third-order valence-corrected chi connectivity index (χ3v) is 2.51. The summed E-state index contributed by atoms with van der Waals surface area (Å²) in [4.78, 5) is 19.3. The molecule has 0 atom stereocenters. The van der Waals surface area contributed by atoms with Gasteiger partial charge in [0.1, 0.15) is 0 Å². The van der Waals surface area contributed by atoms with Gasteiger partial charge in [0.15, 0.2) is 5.96 Å². The Morgan fingerprint density at radius 1 is 1.38 bits per heavy atom. The van der Waals surface area contributed by atoms with E-state index in [1.807, 2.05) is 0 Å². The van der Waals surface area contributed by atoms with Crippen LogP contribution in [-0.4, -0.2) is 62.4 Å². The highest BCUT2D eigenvalue weighted by Crippen LogP contribution is 2.06. The van der Waals surface area contributed by atoms with Gasteiger partial charge in [-0.15, -0.1) is 24.0 Å². The number of carbonyl (C=O) groups is 1. The molecule has 0 radical (unpaired) electrons. The Morgan fingerprint density at radius 3 is 2.38 bits per heavy atom. The van der Waals surface area contributed by atoms with E-state index >= 15 is 0 Å². The second-order valence-electron chi connectivity index (χ2n) is 3.88. The van der Waals surface area contributed by atoms with E-state index in [2.05, 4.69) is 15.2 Å². The molecule has 1 heterocycles. The van der Waals surface area contributed by atoms with Crippen LogP contribution in [0.4, 0.5) is 0 Å². The molecule has 6 heteroatoms. The Morgan fingerprint density at radius 2 is 1.94 bits per heavy atom. The van der Waals surface area contributed by atoms with Gasteiger partial charge in [0.05, 0.1) is 6.54 Å². The molecule has 0 bridgehead atoms. The quantitative estimate of drug-likeness (QED) is 0.449. The Hall–Kier alpha value is -0.530. The van der Waals surface area contributed by atoms with Gasteiger partial charge in [-0.25, -0.2) is 0 Å². The number of hydrogen-bond donors (Lipinski definition) is 1. The van der Waals surface area contributed by atoms with E-state index in [0.717, 1.165) is 19.0 Å². The zero-order valence-corrected chi connectivity index (χ0v) is 12.5. The highest BCUT2D eigenvalue weighted by molar-refractivity contribution is 14.0. The molecule has 0 aromatic carbocycles. The summed E-state index contributed by atoms with van der Waals surface area (Å²) in [5.74, 6) is 0.901. The molecular weight excluding hydrogens is 319 g/mol. The molecular formula is C10H21IN4O. The van der Waals surface area contributed by atoms with Crippen molar-refractivity contribution in [2.45, 2.75) is 12.8 Å². The largest absolute Gasteiger partial charge is 0.347 e. The molecule has 5 nitrogen and oxygen atoms in total. The molecule has 94 valence electrons. The topological polar surface area (TPSA) is 47.9 Å². The number of nitrogens with one attached hydrogen (secondary N) is 1. The molecule has 0 aliphatic carbocycles. The fraction of sp³-hybridized carbons (Fsp3) is 0.800. The van der Waals surface area contributed by atoms with E-state index in [0.29, 0.717) is 6.54 Å². The monoisotopic (exact) mass is 340 g/mol. The lowest BCUT2D eigenvalue weighted by Crippen LogP contribution is -2.44. The van der Waals surface area contributed by atoms with Gasteiger partial charge in [-0.1, -0.05) is 0 Å². The third kappa shape index (κ3) is 4.54. The summed E-state index contributed by atoms with van der Waals surface area (Å²) in [6.07, 6.45) is 2.42. The summed E-state index contributed by atoms with van der Waals surface area (Å²) < 4.78 is 0. The fourth-order valence-corrected chi connectivity index (χ4v) is 1.57. The summed E-state index contributed by atoms with van der Waals surface area (Å²) in [5.41, 5.74) is 0. The highest BCUT2D eigenvalue weighted by Gasteiger charge is 2.16. The standard InChI is InChI=1S/C10H20N4O.HI/c1-11-10(14-6-4-5-7-14)12-8-9(15)13(2)3;/h4-8H2,1-3H3,(H,11,12);1H. The number of guanidine groups is 1. The number of aliphatic imine (C=N–C) groups is 1. The van der Waals surface area contributed by atoms with Gasteiger partial charge in [0, 0.05) is 34.2 Å². The normalized spacial score (nSPS) is 15.7. The number of likely N-dealkylation sites (N-methyl/N-ethyl adjacent to an activating group) is 1. The zero-order valence-electron chi connectivity index (χ0n) is 10.2. The maximum absolute atomic E-state index is 11.4. The lowest BCUT2D eigenvalue weighted by molar-refractivity contribution is -0.127. The summed E-state index contributed by atoms with van der Waals surface area (Å²) in [6, 6.07) is 0. The van der Waals surface area contributed by atoms with Crippen molar-refractivity contribution in [3.05, 3.63) is 0 Å². The zero-order chi connectivity index (χ0) is 11.3. The molecule has 1 amide bonds. The van der Waals surface area contributed by atoms with Crippen molar-refractivity contribution >= 4 is 35.8 Å². The second kappa shape index (κ2) is 7.70. The predicted octanol–water partition coefficient (Wildman–Crippen LogP) is 0.364. The van der Waals surface area contributed by atoms with E-state index in [1.54, 1.807) is 26.0 Å². The molecule has 1 N–H and O–H groups in total. The molecule has 1 aliphatic heterocycles. The first-order valence-corrected chi connectivity index (χ1v) is 5.31. The smallest absolute Gasteiger partial charge is 0.241 e. The first-order chi connectivity index (χ1) is 7.15. The highest BCUT2D eigenvalue weighted by atomic mass is 127. The molecule has 0 spiro atoms. The Bertz CT molecular complexity index is 249. The maximum atomic E-state index is 11.4. The molecule has 0 unspecified atom stereocenters. The average molecular weight is 340 g/mol. The molecule has 1 saturated heterocycles. The fourth-order valence-electron chi connectivity index (χ4n) is 1.57. The van der Waals surface area contributed by atoms with Gasteiger partial charge in [-0.2, -0.15) is 0 Å². The number of nitrogens with zero attached hydrogens (tertiary/aromatic N) is 3. The molecule has 1 rings (SSSR count). The first-order valence-electron chi connectivity index (χ1n) is 5.31. The number of likely N-dealkylation sites (tertiary alicyclic amines) is 1. The first kappa shape index (κ1) is 15.5. The third-order valence-electron chi connectivity index (χ3n) is 2.51. The van der Waals surface area contributed by atoms with Gasteiger partial charge >= 0.3 is 0 Å². The Balaban J connectivity index is 0.00000225. The van der Waals surface area contributed by atoms with Crippen LogP contribution in [0.1, 0.15) is 12.8 Å². The van der Waals surface area contributed by atoms with Crippen molar-refractivity contribution in [2.24, 2.45) is 4.99 Å². The van der Waals surface area contributed by atoms with Gasteiger partial charge in [0.2, 0.25) is 5.91 Å². The average Bonchev–Trinajstić information content (AvgIpc) is 2.71. The van der Waals surface area contributed by atoms with Crippen molar-refractivity contribution in [1.29, 1.82) is 0 Å². The van der Waals surface area contributed by atoms with Crippen molar-refractivity contribution in [3.63, 3.8) is 0 Å². The molecule has 0 aromatic rings. The van der Waals surface area contributed by atoms with E-state index in [9.17, 15) is 4.79 Å². The van der Waals surface area contributed by atoms with Crippen molar-refractivity contribution in [1.82, 2.24) is 15.1 Å². The number of hydrogen-bond acceptors (Lipinski definition) is 2. The van der Waals surface area contributed by atoms with Gasteiger partial charge in [-0.3, -0.25) is 9.79 Å². The van der Waals surface area contributed by atoms with Crippen LogP contribution in [0.3, 0.4) is 0 Å². The number of halogens is 1. The van der Waals surface area contributed by atoms with Gasteiger partial charge in [-0.05, 0) is 12.8 Å². The Labute approximate surface area is 114 Å². The van der Waals surface area contributed by atoms with E-state index in [4.69, 9.17) is 0 Å². The van der Waals surface area contributed by atoms with Crippen LogP contribution in [0.2, 0.25) is 0 Å². The minimum atomic E-state index is 0. The summed E-state index contributed by atoms with van der Waals surface area (Å²) >= 11 is 0. The van der Waals surface area contributed by atoms with Crippen LogP contribution in [0.15, 0.2) is 4.99 Å². The van der Waals surface area contributed by atoms with E-state index in [1.165, 1.54) is 12.8 Å². The Kier molecular flexibility index (Phi) is 7.44. The summed E-state index contributed by atoms with van der Waals surface area (Å²) in [5, 5.41) is 3.08. The second-order valence-corrected chi connectivity index (χ2v) is 3.88. The van der Waals surface area contributed by atoms with Crippen LogP contribution in [0.5, 0.6) is 0 Å². The molecule has 0 saturated carbocycles. The number of rotatable bonds is 2. The van der Waals surface area contributed by atoms with Crippen LogP contribution < -0.4 is 5.32 Å².